The van der Waals surface area contributed by atoms with E-state index in [4.69, 9.17) is 0 Å². The Hall–Kier alpha value is -3.36. The van der Waals surface area contributed by atoms with Crippen molar-refractivity contribution in [3.63, 3.8) is 0 Å². The van der Waals surface area contributed by atoms with Crippen LogP contribution in [0.25, 0.3) is 0 Å². The third-order valence-electron chi connectivity index (χ3n) is 8.13. The molecule has 2 aliphatic heterocycles. The molecule has 0 saturated carbocycles. The summed E-state index contributed by atoms with van der Waals surface area (Å²) in [5.41, 5.74) is 0.339. The second-order valence-electron chi connectivity index (χ2n) is 11.2. The van der Waals surface area contributed by atoms with Gasteiger partial charge in [0.2, 0.25) is 15.9 Å². The molecule has 14 heteroatoms. The number of hydrogen-bond donors (Lipinski definition) is 3. The van der Waals surface area contributed by atoms with E-state index in [0.29, 0.717) is 36.2 Å². The van der Waals surface area contributed by atoms with E-state index in [-0.39, 0.29) is 50.8 Å². The lowest BCUT2D eigenvalue weighted by Crippen LogP contribution is -2.46. The highest BCUT2D eigenvalue weighted by molar-refractivity contribution is 7.92. The van der Waals surface area contributed by atoms with E-state index in [2.05, 4.69) is 21.9 Å². The van der Waals surface area contributed by atoms with Crippen LogP contribution in [0.2, 0.25) is 0 Å². The van der Waals surface area contributed by atoms with E-state index in [1.54, 1.807) is 17.0 Å². The molecule has 3 atom stereocenters. The predicted octanol–water partition coefficient (Wildman–Crippen LogP) is 4.27. The van der Waals surface area contributed by atoms with Crippen molar-refractivity contribution in [3.8, 4) is 0 Å². The van der Waals surface area contributed by atoms with Crippen LogP contribution in [0.3, 0.4) is 0 Å². The normalized spacial score (nSPS) is 21.1. The Morgan fingerprint density at radius 2 is 1.80 bits per heavy atom. The fraction of sp³-hybridized carbons (Fsp3) is 0.467. The summed E-state index contributed by atoms with van der Waals surface area (Å²) >= 11 is 0. The van der Waals surface area contributed by atoms with Gasteiger partial charge in [0.15, 0.2) is 0 Å². The zero-order valence-electron chi connectivity index (χ0n) is 23.9. The number of halogens is 5. The number of carbonyl (C=O) groups is 2. The number of amides is 2. The summed E-state index contributed by atoms with van der Waals surface area (Å²) in [4.78, 5) is 28.1. The van der Waals surface area contributed by atoms with Crippen LogP contribution in [-0.2, 0) is 27.5 Å². The summed E-state index contributed by atoms with van der Waals surface area (Å²) in [5, 5.41) is 6.44. The van der Waals surface area contributed by atoms with Crippen LogP contribution in [0.5, 0.6) is 0 Å². The van der Waals surface area contributed by atoms with Crippen LogP contribution in [0, 0.1) is 11.8 Å². The maximum atomic E-state index is 14.8. The minimum atomic E-state index is -4.50. The van der Waals surface area contributed by atoms with Crippen LogP contribution in [0.15, 0.2) is 60.5 Å². The molecule has 2 amide bonds. The topological polar surface area (TPSA) is 108 Å². The molecule has 3 N–H and O–H groups in total. The Kier molecular flexibility index (Phi) is 10.5. The number of nitrogens with zero attached hydrogens (tertiary/aromatic N) is 1. The monoisotopic (exact) mass is 642 g/mol. The molecule has 2 fully saturated rings. The molecule has 44 heavy (non-hydrogen) atoms. The van der Waals surface area contributed by atoms with Crippen molar-refractivity contribution in [1.82, 2.24) is 20.3 Å². The predicted molar refractivity (Wildman–Crippen MR) is 154 cm³/mol. The average molecular weight is 643 g/mol. The highest BCUT2D eigenvalue weighted by Crippen LogP contribution is 2.38. The van der Waals surface area contributed by atoms with Crippen molar-refractivity contribution in [2.45, 2.75) is 43.8 Å². The number of rotatable bonds is 11. The standard InChI is InChI=1S/C30H35F5N4O4S/c1-2-44(42,43)38-17-21-11-14-39(19-21)28(41)23-7-5-22(6-8-23)26(15-25-18-36-13-12-29(25,31)32)27(40)37-16-20-3-9-24(10-4-20)30(33,34)35/h2-10,21,25-26,36,38H,1,11-19H2,(H,37,40). The van der Waals surface area contributed by atoms with Gasteiger partial charge in [0.1, 0.15) is 0 Å². The van der Waals surface area contributed by atoms with Crippen LogP contribution in [0.1, 0.15) is 52.2 Å². The van der Waals surface area contributed by atoms with Crippen molar-refractivity contribution in [1.29, 1.82) is 0 Å². The molecule has 2 heterocycles. The molecule has 2 saturated heterocycles. The van der Waals surface area contributed by atoms with E-state index < -0.39 is 45.4 Å². The molecule has 0 radical (unpaired) electrons. The fourth-order valence-electron chi connectivity index (χ4n) is 5.46. The van der Waals surface area contributed by atoms with Gasteiger partial charge in [-0.3, -0.25) is 9.59 Å². The van der Waals surface area contributed by atoms with Gasteiger partial charge in [0.25, 0.3) is 11.8 Å². The molecule has 0 aromatic heterocycles. The maximum Gasteiger partial charge on any atom is 0.416 e. The van der Waals surface area contributed by atoms with Gasteiger partial charge in [-0.2, -0.15) is 13.2 Å². The van der Waals surface area contributed by atoms with Gasteiger partial charge in [-0.25, -0.2) is 21.9 Å². The lowest BCUT2D eigenvalue weighted by Gasteiger charge is -2.34. The van der Waals surface area contributed by atoms with Crippen LogP contribution >= 0.6 is 0 Å². The number of nitrogens with one attached hydrogen (secondary N) is 3. The highest BCUT2D eigenvalue weighted by Gasteiger charge is 2.43. The lowest BCUT2D eigenvalue weighted by atomic mass is 9.82. The summed E-state index contributed by atoms with van der Waals surface area (Å²) in [7, 11) is -3.58. The van der Waals surface area contributed by atoms with Crippen molar-refractivity contribution in [2.75, 3.05) is 32.7 Å². The van der Waals surface area contributed by atoms with Crippen molar-refractivity contribution < 1.29 is 40.0 Å². The fourth-order valence-corrected chi connectivity index (χ4v) is 6.05. The Morgan fingerprint density at radius 3 is 2.41 bits per heavy atom. The second-order valence-corrected chi connectivity index (χ2v) is 12.9. The second kappa shape index (κ2) is 13.7. The molecule has 0 bridgehead atoms. The summed E-state index contributed by atoms with van der Waals surface area (Å²) in [6.45, 7) is 4.27. The van der Waals surface area contributed by atoms with Crippen LogP contribution in [0.4, 0.5) is 22.0 Å². The van der Waals surface area contributed by atoms with Gasteiger partial charge in [0.05, 0.1) is 11.5 Å². The number of alkyl halides is 5. The Labute approximate surface area is 253 Å². The van der Waals surface area contributed by atoms with Gasteiger partial charge < -0.3 is 15.5 Å². The Balaban J connectivity index is 1.45. The summed E-state index contributed by atoms with van der Waals surface area (Å²) in [6, 6.07) is 10.5. The molecule has 2 aromatic carbocycles. The minimum Gasteiger partial charge on any atom is -0.351 e. The maximum absolute atomic E-state index is 14.8. The Bertz CT molecular complexity index is 1430. The molecule has 3 unspecified atom stereocenters. The molecule has 8 nitrogen and oxygen atoms in total. The number of benzene rings is 2. The van der Waals surface area contributed by atoms with Gasteiger partial charge in [-0.1, -0.05) is 30.8 Å². The molecule has 4 rings (SSSR count). The highest BCUT2D eigenvalue weighted by atomic mass is 32.2. The van der Waals surface area contributed by atoms with Crippen LogP contribution < -0.4 is 15.4 Å². The quantitative estimate of drug-likeness (QED) is 0.318. The molecule has 0 spiro atoms. The number of carbonyl (C=O) groups excluding carboxylic acids is 2. The van der Waals surface area contributed by atoms with E-state index in [9.17, 15) is 40.0 Å². The average Bonchev–Trinajstić information content (AvgIpc) is 3.47. The number of piperidine rings is 1. The summed E-state index contributed by atoms with van der Waals surface area (Å²) in [6.07, 6.45) is -4.44. The van der Waals surface area contributed by atoms with Crippen molar-refractivity contribution in [3.05, 3.63) is 82.8 Å². The molecule has 240 valence electrons. The molecule has 2 aromatic rings. The number of likely N-dealkylation sites (tertiary alicyclic amines) is 1. The number of hydrogen-bond acceptors (Lipinski definition) is 5. The van der Waals surface area contributed by atoms with Crippen molar-refractivity contribution >= 4 is 21.8 Å². The largest absolute Gasteiger partial charge is 0.416 e. The first kappa shape index (κ1) is 33.5. The van der Waals surface area contributed by atoms with E-state index >= 15 is 0 Å². The van der Waals surface area contributed by atoms with Crippen LogP contribution in [-0.4, -0.2) is 63.8 Å². The smallest absolute Gasteiger partial charge is 0.351 e. The SMILES string of the molecule is C=CS(=O)(=O)NCC1CCN(C(=O)c2ccc(C(CC3CNCCC3(F)F)C(=O)NCc3ccc(C(F)(F)F)cc3)cc2)C1. The zero-order valence-corrected chi connectivity index (χ0v) is 24.7. The van der Waals surface area contributed by atoms with Gasteiger partial charge >= 0.3 is 6.18 Å². The van der Waals surface area contributed by atoms with E-state index in [1.807, 2.05) is 0 Å². The zero-order chi connectivity index (χ0) is 32.1. The van der Waals surface area contributed by atoms with Gasteiger partial charge in [0, 0.05) is 62.6 Å². The molecule has 2 aliphatic rings. The molecular formula is C30H35F5N4O4S. The Morgan fingerprint density at radius 1 is 1.11 bits per heavy atom. The first-order valence-electron chi connectivity index (χ1n) is 14.2. The summed E-state index contributed by atoms with van der Waals surface area (Å²) in [5.74, 6) is -6.03. The molecule has 0 aliphatic carbocycles. The number of sulfonamides is 1. The summed E-state index contributed by atoms with van der Waals surface area (Å²) < 4.78 is 93.9. The first-order valence-corrected chi connectivity index (χ1v) is 15.8. The van der Waals surface area contributed by atoms with Gasteiger partial charge in [-0.15, -0.1) is 0 Å². The van der Waals surface area contributed by atoms with E-state index in [0.717, 1.165) is 17.5 Å². The molecular weight excluding hydrogens is 607 g/mol. The van der Waals surface area contributed by atoms with Gasteiger partial charge in [-0.05, 0) is 54.2 Å². The van der Waals surface area contributed by atoms with E-state index in [1.165, 1.54) is 24.3 Å². The minimum absolute atomic E-state index is 0.0192. The lowest BCUT2D eigenvalue weighted by molar-refractivity contribution is -0.137. The third kappa shape index (κ3) is 8.63. The first-order chi connectivity index (χ1) is 20.7. The third-order valence-corrected chi connectivity index (χ3v) is 9.14. The van der Waals surface area contributed by atoms with Crippen molar-refractivity contribution in [2.24, 2.45) is 11.8 Å².